The van der Waals surface area contributed by atoms with Crippen LogP contribution >= 0.6 is 0 Å². The molecule has 0 fully saturated rings. The molecule has 0 aromatic heterocycles. The van der Waals surface area contributed by atoms with Crippen molar-refractivity contribution in [1.82, 2.24) is 0 Å². The first-order chi connectivity index (χ1) is 8.38. The summed E-state index contributed by atoms with van der Waals surface area (Å²) >= 11 is 0. The lowest BCUT2D eigenvalue weighted by Gasteiger charge is -2.06. The lowest BCUT2D eigenvalue weighted by Crippen LogP contribution is -1.95. The molecule has 0 bridgehead atoms. The maximum absolute atomic E-state index is 5.69. The van der Waals surface area contributed by atoms with Crippen molar-refractivity contribution >= 4 is 0 Å². The molecule has 1 nitrogen and oxygen atoms in total. The Morgan fingerprint density at radius 1 is 0.824 bits per heavy atom. The summed E-state index contributed by atoms with van der Waals surface area (Å²) in [4.78, 5) is 0. The predicted molar refractivity (Wildman–Crippen MR) is 71.2 cm³/mol. The number of hydrogen-bond donors (Lipinski definition) is 0. The van der Waals surface area contributed by atoms with Crippen LogP contribution in [0.4, 0.5) is 0 Å². The van der Waals surface area contributed by atoms with E-state index in [1.807, 2.05) is 30.3 Å². The Balaban J connectivity index is 1.91. The van der Waals surface area contributed by atoms with E-state index in [-0.39, 0.29) is 0 Å². The normalized spacial score (nSPS) is 10.2. The van der Waals surface area contributed by atoms with Gasteiger partial charge in [0.2, 0.25) is 0 Å². The van der Waals surface area contributed by atoms with E-state index in [0.29, 0.717) is 6.61 Å². The van der Waals surface area contributed by atoms with Gasteiger partial charge >= 0.3 is 0 Å². The average molecular weight is 226 g/mol. The lowest BCUT2D eigenvalue weighted by atomic mass is 10.1. The maximum Gasteiger partial charge on any atom is 0.119 e. The zero-order chi connectivity index (χ0) is 11.9. The van der Waals surface area contributed by atoms with Crippen LogP contribution in [0.3, 0.4) is 0 Å². The zero-order valence-electron chi connectivity index (χ0n) is 10.2. The lowest BCUT2D eigenvalue weighted by molar-refractivity contribution is 0.306. The molecular formula is C16H18O. The van der Waals surface area contributed by atoms with Crippen LogP contribution < -0.4 is 4.74 Å². The van der Waals surface area contributed by atoms with Gasteiger partial charge in [0.15, 0.2) is 0 Å². The number of para-hydroxylation sites is 1. The standard InChI is InChI=1S/C16H18O/c1-2-6-14-9-11-15(12-10-14)13-17-16-7-4-3-5-8-16/h3-5,7-12H,2,6,13H2,1H3. The molecule has 0 unspecified atom stereocenters. The number of rotatable bonds is 5. The molecule has 0 saturated carbocycles. The van der Waals surface area contributed by atoms with E-state index >= 15 is 0 Å². The molecule has 0 saturated heterocycles. The SMILES string of the molecule is CCCc1ccc(COc2ccccc2)cc1. The van der Waals surface area contributed by atoms with E-state index < -0.39 is 0 Å². The zero-order valence-corrected chi connectivity index (χ0v) is 10.2. The second-order valence-corrected chi connectivity index (χ2v) is 4.17. The van der Waals surface area contributed by atoms with Crippen LogP contribution in [0.15, 0.2) is 54.6 Å². The van der Waals surface area contributed by atoms with E-state index in [9.17, 15) is 0 Å². The van der Waals surface area contributed by atoms with E-state index in [1.165, 1.54) is 17.5 Å². The molecule has 0 aliphatic carbocycles. The van der Waals surface area contributed by atoms with Crippen molar-refractivity contribution in [1.29, 1.82) is 0 Å². The molecule has 0 spiro atoms. The third-order valence-electron chi connectivity index (χ3n) is 2.71. The highest BCUT2D eigenvalue weighted by Crippen LogP contribution is 2.12. The fourth-order valence-corrected chi connectivity index (χ4v) is 1.77. The van der Waals surface area contributed by atoms with Crippen LogP contribution in [-0.4, -0.2) is 0 Å². The van der Waals surface area contributed by atoms with Gasteiger partial charge in [0.1, 0.15) is 12.4 Å². The van der Waals surface area contributed by atoms with Gasteiger partial charge in [-0.1, -0.05) is 55.8 Å². The minimum atomic E-state index is 0.635. The van der Waals surface area contributed by atoms with Crippen molar-refractivity contribution in [3.63, 3.8) is 0 Å². The molecule has 2 rings (SSSR count). The predicted octanol–water partition coefficient (Wildman–Crippen LogP) is 4.22. The highest BCUT2D eigenvalue weighted by molar-refractivity contribution is 5.24. The number of ether oxygens (including phenoxy) is 1. The van der Waals surface area contributed by atoms with Crippen LogP contribution in [0.5, 0.6) is 5.75 Å². The van der Waals surface area contributed by atoms with Gasteiger partial charge in [-0.05, 0) is 29.7 Å². The molecule has 1 heteroatoms. The Morgan fingerprint density at radius 2 is 1.47 bits per heavy atom. The monoisotopic (exact) mass is 226 g/mol. The summed E-state index contributed by atoms with van der Waals surface area (Å²) in [6.45, 7) is 2.84. The Kier molecular flexibility index (Phi) is 4.20. The largest absolute Gasteiger partial charge is 0.489 e. The number of hydrogen-bond acceptors (Lipinski definition) is 1. The minimum absolute atomic E-state index is 0.635. The number of aryl methyl sites for hydroxylation is 1. The van der Waals surface area contributed by atoms with Gasteiger partial charge in [0.05, 0.1) is 0 Å². The van der Waals surface area contributed by atoms with Crippen LogP contribution in [0.2, 0.25) is 0 Å². The molecule has 2 aromatic carbocycles. The fourth-order valence-electron chi connectivity index (χ4n) is 1.77. The van der Waals surface area contributed by atoms with Gasteiger partial charge in [-0.2, -0.15) is 0 Å². The molecule has 17 heavy (non-hydrogen) atoms. The van der Waals surface area contributed by atoms with Crippen molar-refractivity contribution in [2.45, 2.75) is 26.4 Å². The Bertz CT molecular complexity index is 431. The van der Waals surface area contributed by atoms with Crippen LogP contribution in [0.25, 0.3) is 0 Å². The average Bonchev–Trinajstić information content (AvgIpc) is 2.40. The van der Waals surface area contributed by atoms with Gasteiger partial charge in [-0.15, -0.1) is 0 Å². The third kappa shape index (κ3) is 3.63. The summed E-state index contributed by atoms with van der Waals surface area (Å²) in [5, 5.41) is 0. The van der Waals surface area contributed by atoms with Gasteiger partial charge in [-0.3, -0.25) is 0 Å². The summed E-state index contributed by atoms with van der Waals surface area (Å²) in [7, 11) is 0. The molecular weight excluding hydrogens is 208 g/mol. The van der Waals surface area contributed by atoms with E-state index in [0.717, 1.165) is 12.2 Å². The first-order valence-corrected chi connectivity index (χ1v) is 6.14. The quantitative estimate of drug-likeness (QED) is 0.741. The molecule has 0 N–H and O–H groups in total. The van der Waals surface area contributed by atoms with Gasteiger partial charge < -0.3 is 4.74 Å². The topological polar surface area (TPSA) is 9.23 Å². The van der Waals surface area contributed by atoms with Crippen LogP contribution in [0.1, 0.15) is 24.5 Å². The highest BCUT2D eigenvalue weighted by Gasteiger charge is 1.96. The highest BCUT2D eigenvalue weighted by atomic mass is 16.5. The van der Waals surface area contributed by atoms with Crippen molar-refractivity contribution in [3.05, 3.63) is 65.7 Å². The first kappa shape index (κ1) is 11.7. The van der Waals surface area contributed by atoms with Crippen molar-refractivity contribution in [3.8, 4) is 5.75 Å². The van der Waals surface area contributed by atoms with Crippen molar-refractivity contribution < 1.29 is 4.74 Å². The summed E-state index contributed by atoms with van der Waals surface area (Å²) in [6.07, 6.45) is 2.35. The van der Waals surface area contributed by atoms with Gasteiger partial charge in [0.25, 0.3) is 0 Å². The Labute approximate surface area is 103 Å². The second kappa shape index (κ2) is 6.09. The molecule has 88 valence electrons. The Hall–Kier alpha value is -1.76. The van der Waals surface area contributed by atoms with Crippen molar-refractivity contribution in [2.24, 2.45) is 0 Å². The molecule has 0 amide bonds. The maximum atomic E-state index is 5.69. The van der Waals surface area contributed by atoms with Crippen molar-refractivity contribution in [2.75, 3.05) is 0 Å². The summed E-state index contributed by atoms with van der Waals surface area (Å²) in [5.41, 5.74) is 2.62. The molecule has 0 atom stereocenters. The summed E-state index contributed by atoms with van der Waals surface area (Å²) in [5.74, 6) is 0.921. The Morgan fingerprint density at radius 3 is 2.12 bits per heavy atom. The van der Waals surface area contributed by atoms with Crippen LogP contribution in [0, 0.1) is 0 Å². The molecule has 0 aliphatic heterocycles. The smallest absolute Gasteiger partial charge is 0.119 e. The summed E-state index contributed by atoms with van der Waals surface area (Å²) < 4.78 is 5.69. The number of benzene rings is 2. The van der Waals surface area contributed by atoms with Crippen LogP contribution in [-0.2, 0) is 13.0 Å². The third-order valence-corrected chi connectivity index (χ3v) is 2.71. The van der Waals surface area contributed by atoms with E-state index in [2.05, 4.69) is 31.2 Å². The van der Waals surface area contributed by atoms with Gasteiger partial charge in [0, 0.05) is 0 Å². The van der Waals surface area contributed by atoms with E-state index in [4.69, 9.17) is 4.74 Å². The fraction of sp³-hybridized carbons (Fsp3) is 0.250. The molecule has 0 radical (unpaired) electrons. The van der Waals surface area contributed by atoms with E-state index in [1.54, 1.807) is 0 Å². The first-order valence-electron chi connectivity index (χ1n) is 6.14. The molecule has 2 aromatic rings. The molecule has 0 aliphatic rings. The minimum Gasteiger partial charge on any atom is -0.489 e. The van der Waals surface area contributed by atoms with Gasteiger partial charge in [-0.25, -0.2) is 0 Å². The summed E-state index contributed by atoms with van der Waals surface area (Å²) in [6, 6.07) is 18.6. The second-order valence-electron chi connectivity index (χ2n) is 4.17. The molecule has 0 heterocycles.